The largest absolute Gasteiger partial charge is 0.453 e. The summed E-state index contributed by atoms with van der Waals surface area (Å²) < 4.78 is 19.8. The minimum atomic E-state index is -0.429. The topological polar surface area (TPSA) is 71.4 Å². The molecule has 3 aromatic rings. The van der Waals surface area contributed by atoms with Crippen molar-refractivity contribution < 1.29 is 9.13 Å². The molecule has 0 aliphatic heterocycles. The number of thiazole rings is 1. The second kappa shape index (κ2) is 9.27. The van der Waals surface area contributed by atoms with Gasteiger partial charge in [0, 0.05) is 24.7 Å². The van der Waals surface area contributed by atoms with E-state index in [1.54, 1.807) is 42.8 Å². The van der Waals surface area contributed by atoms with E-state index in [1.807, 2.05) is 19.9 Å². The van der Waals surface area contributed by atoms with Crippen LogP contribution in [0.2, 0.25) is 0 Å². The second-order valence-electron chi connectivity index (χ2n) is 6.08. The summed E-state index contributed by atoms with van der Waals surface area (Å²) in [7, 11) is 1.70. The Hall–Kier alpha value is -3.00. The van der Waals surface area contributed by atoms with Gasteiger partial charge < -0.3 is 15.4 Å². The van der Waals surface area contributed by atoms with Crippen LogP contribution in [0.15, 0.2) is 47.7 Å². The highest BCUT2D eigenvalue weighted by molar-refractivity contribution is 7.11. The molecule has 0 atom stereocenters. The monoisotopic (exact) mass is 399 g/mol. The summed E-state index contributed by atoms with van der Waals surface area (Å²) in [5, 5.41) is 7.48. The highest BCUT2D eigenvalue weighted by atomic mass is 32.1. The van der Waals surface area contributed by atoms with E-state index in [0.29, 0.717) is 24.8 Å². The van der Waals surface area contributed by atoms with Gasteiger partial charge in [-0.25, -0.2) is 9.37 Å². The van der Waals surface area contributed by atoms with E-state index in [4.69, 9.17) is 4.74 Å². The lowest BCUT2D eigenvalue weighted by molar-refractivity contribution is 0.440. The molecular weight excluding hydrogens is 377 g/mol. The Bertz CT molecular complexity index is 958. The number of nitrogens with zero attached hydrogens (tertiary/aromatic N) is 3. The van der Waals surface area contributed by atoms with Gasteiger partial charge in [0.1, 0.15) is 5.75 Å². The van der Waals surface area contributed by atoms with Crippen LogP contribution in [0.25, 0.3) is 0 Å². The van der Waals surface area contributed by atoms with Gasteiger partial charge in [0.05, 0.1) is 23.4 Å². The maximum atomic E-state index is 14.3. The molecule has 0 radical (unpaired) electrons. The normalized spacial score (nSPS) is 11.4. The van der Waals surface area contributed by atoms with Gasteiger partial charge in [-0.05, 0) is 43.7 Å². The van der Waals surface area contributed by atoms with Gasteiger partial charge in [0.2, 0.25) is 0 Å². The summed E-state index contributed by atoms with van der Waals surface area (Å²) in [4.78, 5) is 13.7. The summed E-state index contributed by atoms with van der Waals surface area (Å²) in [6, 6.07) is 8.33. The molecular formula is C20H22FN5OS. The van der Waals surface area contributed by atoms with Crippen LogP contribution >= 0.6 is 11.3 Å². The number of nitrogens with one attached hydrogen (secondary N) is 2. The average molecular weight is 399 g/mol. The molecule has 6 nitrogen and oxygen atoms in total. The van der Waals surface area contributed by atoms with E-state index in [2.05, 4.69) is 25.6 Å². The summed E-state index contributed by atoms with van der Waals surface area (Å²) in [6.07, 6.45) is 3.17. The van der Waals surface area contributed by atoms with Crippen molar-refractivity contribution in [2.75, 3.05) is 7.05 Å². The average Bonchev–Trinajstić information content (AvgIpc) is 3.02. The Labute approximate surface area is 167 Å². The zero-order chi connectivity index (χ0) is 19.9. The summed E-state index contributed by atoms with van der Waals surface area (Å²) in [5.74, 6) is 0.865. The minimum Gasteiger partial charge on any atom is -0.453 e. The zero-order valence-corrected chi connectivity index (χ0v) is 16.8. The SMILES string of the molecule is CN=C(NCc1ccc(Oc2cccnc2)c(F)c1)NCc1sc(C)nc1C. The van der Waals surface area contributed by atoms with Crippen LogP contribution in [0, 0.1) is 19.7 Å². The van der Waals surface area contributed by atoms with E-state index >= 15 is 0 Å². The van der Waals surface area contributed by atoms with Crippen molar-refractivity contribution >= 4 is 17.3 Å². The number of rotatable bonds is 6. The molecule has 8 heteroatoms. The third-order valence-electron chi connectivity index (χ3n) is 3.96. The van der Waals surface area contributed by atoms with Crippen LogP contribution in [0.3, 0.4) is 0 Å². The first kappa shape index (κ1) is 19.8. The van der Waals surface area contributed by atoms with Gasteiger partial charge in [-0.1, -0.05) is 6.07 Å². The molecule has 0 spiro atoms. The number of aliphatic imine (C=N–C) groups is 1. The molecule has 2 aromatic heterocycles. The van der Waals surface area contributed by atoms with E-state index in [0.717, 1.165) is 16.3 Å². The van der Waals surface area contributed by atoms with Crippen LogP contribution in [0.4, 0.5) is 4.39 Å². The molecule has 146 valence electrons. The van der Waals surface area contributed by atoms with E-state index < -0.39 is 5.82 Å². The third-order valence-corrected chi connectivity index (χ3v) is 5.03. The van der Waals surface area contributed by atoms with Gasteiger partial charge in [0.15, 0.2) is 17.5 Å². The fourth-order valence-electron chi connectivity index (χ4n) is 2.58. The molecule has 0 saturated heterocycles. The molecule has 0 amide bonds. The Kier molecular flexibility index (Phi) is 6.54. The number of ether oxygens (including phenoxy) is 1. The highest BCUT2D eigenvalue weighted by Crippen LogP contribution is 2.24. The molecule has 0 saturated carbocycles. The first-order valence-corrected chi connectivity index (χ1v) is 9.60. The number of halogens is 1. The first-order valence-electron chi connectivity index (χ1n) is 8.79. The smallest absolute Gasteiger partial charge is 0.191 e. The quantitative estimate of drug-likeness (QED) is 0.485. The van der Waals surface area contributed by atoms with Gasteiger partial charge in [-0.2, -0.15) is 0 Å². The Morgan fingerprint density at radius 2 is 2.04 bits per heavy atom. The van der Waals surface area contributed by atoms with Crippen molar-refractivity contribution in [1.29, 1.82) is 0 Å². The predicted octanol–water partition coefficient (Wildman–Crippen LogP) is 3.95. The molecule has 1 aromatic carbocycles. The molecule has 0 aliphatic carbocycles. The van der Waals surface area contributed by atoms with Crippen molar-refractivity contribution in [3.05, 3.63) is 69.7 Å². The van der Waals surface area contributed by atoms with Crippen molar-refractivity contribution in [3.63, 3.8) is 0 Å². The summed E-state index contributed by atoms with van der Waals surface area (Å²) in [5.41, 5.74) is 1.81. The Morgan fingerprint density at radius 3 is 2.68 bits per heavy atom. The minimum absolute atomic E-state index is 0.162. The lowest BCUT2D eigenvalue weighted by Gasteiger charge is -2.12. The Morgan fingerprint density at radius 1 is 1.21 bits per heavy atom. The molecule has 0 unspecified atom stereocenters. The fourth-order valence-corrected chi connectivity index (χ4v) is 3.46. The lowest BCUT2D eigenvalue weighted by atomic mass is 10.2. The summed E-state index contributed by atoms with van der Waals surface area (Å²) in [6.45, 7) is 5.06. The molecule has 3 rings (SSSR count). The van der Waals surface area contributed by atoms with Gasteiger partial charge in [-0.3, -0.25) is 9.98 Å². The number of hydrogen-bond acceptors (Lipinski definition) is 5. The second-order valence-corrected chi connectivity index (χ2v) is 7.36. The number of hydrogen-bond donors (Lipinski definition) is 2. The summed E-state index contributed by atoms with van der Waals surface area (Å²) >= 11 is 1.66. The fraction of sp³-hybridized carbons (Fsp3) is 0.250. The maximum absolute atomic E-state index is 14.3. The predicted molar refractivity (Wildman–Crippen MR) is 109 cm³/mol. The highest BCUT2D eigenvalue weighted by Gasteiger charge is 2.08. The zero-order valence-electron chi connectivity index (χ0n) is 16.0. The van der Waals surface area contributed by atoms with Crippen LogP contribution < -0.4 is 15.4 Å². The van der Waals surface area contributed by atoms with E-state index in [1.165, 1.54) is 17.1 Å². The number of guanidine groups is 1. The molecule has 28 heavy (non-hydrogen) atoms. The van der Waals surface area contributed by atoms with Gasteiger partial charge in [0.25, 0.3) is 0 Å². The molecule has 2 N–H and O–H groups in total. The van der Waals surface area contributed by atoms with Crippen LogP contribution in [0.5, 0.6) is 11.5 Å². The first-order chi connectivity index (χ1) is 13.5. The molecule has 0 bridgehead atoms. The third kappa shape index (κ3) is 5.26. The van der Waals surface area contributed by atoms with Crippen molar-refractivity contribution in [2.45, 2.75) is 26.9 Å². The number of benzene rings is 1. The van der Waals surface area contributed by atoms with Crippen molar-refractivity contribution in [3.8, 4) is 11.5 Å². The number of pyridine rings is 1. The van der Waals surface area contributed by atoms with E-state index in [9.17, 15) is 4.39 Å². The standard InChI is InChI=1S/C20H22FN5OS/c1-13-19(28-14(2)26-13)12-25-20(22-3)24-10-15-6-7-18(17(21)9-15)27-16-5-4-8-23-11-16/h4-9,11H,10,12H2,1-3H3,(H2,22,24,25). The van der Waals surface area contributed by atoms with Gasteiger partial charge >= 0.3 is 0 Å². The van der Waals surface area contributed by atoms with Gasteiger partial charge in [-0.15, -0.1) is 11.3 Å². The van der Waals surface area contributed by atoms with Crippen LogP contribution in [-0.2, 0) is 13.1 Å². The van der Waals surface area contributed by atoms with Crippen molar-refractivity contribution in [2.24, 2.45) is 4.99 Å². The molecule has 2 heterocycles. The number of aryl methyl sites for hydroxylation is 2. The van der Waals surface area contributed by atoms with Crippen LogP contribution in [0.1, 0.15) is 21.1 Å². The van der Waals surface area contributed by atoms with E-state index in [-0.39, 0.29) is 5.75 Å². The van der Waals surface area contributed by atoms with Crippen LogP contribution in [-0.4, -0.2) is 23.0 Å². The lowest BCUT2D eigenvalue weighted by Crippen LogP contribution is -2.36. The maximum Gasteiger partial charge on any atom is 0.191 e. The molecule has 0 aliphatic rings. The van der Waals surface area contributed by atoms with Crippen molar-refractivity contribution in [1.82, 2.24) is 20.6 Å². The molecule has 0 fully saturated rings. The number of aromatic nitrogens is 2. The Balaban J connectivity index is 1.55.